The van der Waals surface area contributed by atoms with E-state index in [1.165, 1.54) is 35.9 Å². The van der Waals surface area contributed by atoms with Crippen LogP contribution in [0.1, 0.15) is 101 Å². The number of nitrogens with zero attached hydrogens (tertiary/aromatic N) is 3. The van der Waals surface area contributed by atoms with Gasteiger partial charge in [-0.3, -0.25) is 24.1 Å². The Morgan fingerprint density at radius 1 is 0.965 bits per heavy atom. The molecule has 0 aliphatic carbocycles. The van der Waals surface area contributed by atoms with Crippen molar-refractivity contribution in [2.75, 3.05) is 20.7 Å². The van der Waals surface area contributed by atoms with Crippen molar-refractivity contribution in [1.82, 2.24) is 25.0 Å². The Balaban J connectivity index is 2.60. The van der Waals surface area contributed by atoms with Gasteiger partial charge >= 0.3 is 18.0 Å². The predicted octanol–water partition coefficient (Wildman–Crippen LogP) is 5.70. The van der Waals surface area contributed by atoms with Crippen LogP contribution in [-0.4, -0.2) is 106 Å². The van der Waals surface area contributed by atoms with Gasteiger partial charge in [0.1, 0.15) is 29.5 Å². The van der Waals surface area contributed by atoms with Gasteiger partial charge in [-0.1, -0.05) is 54.5 Å². The van der Waals surface area contributed by atoms with Crippen molar-refractivity contribution in [3.8, 4) is 0 Å². The molecule has 0 bridgehead atoms. The van der Waals surface area contributed by atoms with Gasteiger partial charge in [-0.05, 0) is 76.1 Å². The molecule has 0 spiro atoms. The summed E-state index contributed by atoms with van der Waals surface area (Å²) < 4.78 is 27.2. The first-order valence-corrected chi connectivity index (χ1v) is 19.2. The lowest BCUT2D eigenvalue weighted by molar-refractivity contribution is -0.147. The molecule has 1 heterocycles. The molecule has 57 heavy (non-hydrogen) atoms. The highest BCUT2D eigenvalue weighted by atomic mass is 19.1. The minimum Gasteiger partial charge on any atom is -0.481 e. The first-order valence-electron chi connectivity index (χ1n) is 19.2. The van der Waals surface area contributed by atoms with E-state index in [0.29, 0.717) is 10.9 Å². The highest BCUT2D eigenvalue weighted by Gasteiger charge is 2.47. The average molecular weight is 802 g/mol. The standard InChI is InChI=1S/C42H64FN5O9/c1-16-56-38(54)29(18-20-32(49)50)44-35(51)25(4)21-31(24(2)3)47(14)37(53)33(40(5,6)7)45-36(52)34(48(15)39(55)57-41(8,9)10)42(11,12)28-23-46(13)30-19-17-26(43)22-27(28)30/h17,19,21-24,29,31,33-34H,16,18,20H2,1-15H3,(H,44,51)(H,45,52)(H,49,50)/b25-21+. The van der Waals surface area contributed by atoms with E-state index in [2.05, 4.69) is 10.6 Å². The summed E-state index contributed by atoms with van der Waals surface area (Å²) in [7, 11) is 4.82. The van der Waals surface area contributed by atoms with Gasteiger partial charge < -0.3 is 34.7 Å². The lowest BCUT2D eigenvalue weighted by atomic mass is 9.76. The average Bonchev–Trinajstić information content (AvgIpc) is 3.41. The Bertz CT molecular complexity index is 1840. The van der Waals surface area contributed by atoms with Crippen molar-refractivity contribution in [2.24, 2.45) is 18.4 Å². The fourth-order valence-corrected chi connectivity index (χ4v) is 6.79. The summed E-state index contributed by atoms with van der Waals surface area (Å²) in [4.78, 5) is 82.7. The number of halogens is 1. The highest BCUT2D eigenvalue weighted by molar-refractivity contribution is 5.97. The number of fused-ring (bicyclic) bond motifs is 1. The van der Waals surface area contributed by atoms with Crippen LogP contribution >= 0.6 is 0 Å². The zero-order chi connectivity index (χ0) is 44.0. The van der Waals surface area contributed by atoms with E-state index in [9.17, 15) is 33.2 Å². The molecule has 0 radical (unpaired) electrons. The molecule has 0 saturated carbocycles. The summed E-state index contributed by atoms with van der Waals surface area (Å²) in [6, 6.07) is 0.111. The number of carbonyl (C=O) groups excluding carboxylic acids is 5. The molecule has 14 nitrogen and oxygen atoms in total. The molecule has 0 saturated heterocycles. The smallest absolute Gasteiger partial charge is 0.410 e. The quantitative estimate of drug-likeness (QED) is 0.142. The Hall–Kier alpha value is -4.95. The normalized spacial score (nSPS) is 14.6. The number of aliphatic carboxylic acids is 1. The van der Waals surface area contributed by atoms with E-state index in [0.717, 1.165) is 5.52 Å². The zero-order valence-corrected chi connectivity index (χ0v) is 36.3. The molecule has 15 heteroatoms. The monoisotopic (exact) mass is 801 g/mol. The van der Waals surface area contributed by atoms with Crippen LogP contribution in [0.15, 0.2) is 36.0 Å². The number of amides is 4. The van der Waals surface area contributed by atoms with Gasteiger partial charge in [0, 0.05) is 55.7 Å². The SMILES string of the molecule is CCOC(=O)C(CCC(=O)O)NC(=O)/C(C)=C/C(C(C)C)N(C)C(=O)C(NC(=O)C(N(C)C(=O)OC(C)(C)C)C(C)(C)c1cn(C)c2ccc(F)cc12)C(C)(C)C. The van der Waals surface area contributed by atoms with Crippen LogP contribution in [-0.2, 0) is 45.9 Å². The summed E-state index contributed by atoms with van der Waals surface area (Å²) in [6.07, 6.45) is 2.06. The Morgan fingerprint density at radius 2 is 1.56 bits per heavy atom. The molecule has 0 aliphatic rings. The number of hydrogen-bond acceptors (Lipinski definition) is 8. The number of carboxylic acid groups (broad SMARTS) is 1. The van der Waals surface area contributed by atoms with Gasteiger partial charge in [-0.25, -0.2) is 14.0 Å². The zero-order valence-electron chi connectivity index (χ0n) is 36.3. The number of likely N-dealkylation sites (N-methyl/N-ethyl adjacent to an activating group) is 2. The van der Waals surface area contributed by atoms with Crippen LogP contribution in [0.4, 0.5) is 9.18 Å². The first-order chi connectivity index (χ1) is 26.0. The molecule has 2 aromatic rings. The number of aryl methyl sites for hydroxylation is 1. The molecule has 0 fully saturated rings. The van der Waals surface area contributed by atoms with Gasteiger partial charge in [0.25, 0.3) is 0 Å². The van der Waals surface area contributed by atoms with Crippen LogP contribution < -0.4 is 10.6 Å². The molecule has 1 aromatic heterocycles. The van der Waals surface area contributed by atoms with Gasteiger partial charge in [0.15, 0.2) is 0 Å². The van der Waals surface area contributed by atoms with Crippen molar-refractivity contribution in [2.45, 2.75) is 131 Å². The van der Waals surface area contributed by atoms with Gasteiger partial charge in [-0.2, -0.15) is 0 Å². The molecular weight excluding hydrogens is 737 g/mol. The molecule has 0 aliphatic heterocycles. The topological polar surface area (TPSA) is 177 Å². The number of hydrogen-bond donors (Lipinski definition) is 3. The predicted molar refractivity (Wildman–Crippen MR) is 216 cm³/mol. The van der Waals surface area contributed by atoms with Crippen LogP contribution in [0.2, 0.25) is 0 Å². The number of nitrogens with one attached hydrogen (secondary N) is 2. The number of carbonyl (C=O) groups is 6. The second kappa shape index (κ2) is 19.0. The summed E-state index contributed by atoms with van der Waals surface area (Å²) in [5.74, 6) is -4.37. The lowest BCUT2D eigenvalue weighted by Gasteiger charge is -2.42. The summed E-state index contributed by atoms with van der Waals surface area (Å²) in [5.41, 5.74) is -1.44. The van der Waals surface area contributed by atoms with E-state index in [1.807, 2.05) is 18.4 Å². The Kier molecular flexibility index (Phi) is 16.1. The molecule has 1 aromatic carbocycles. The number of rotatable bonds is 16. The maximum atomic E-state index is 14.8. The molecular formula is C42H64FN5O9. The van der Waals surface area contributed by atoms with Crippen molar-refractivity contribution in [3.05, 3.63) is 47.4 Å². The highest BCUT2D eigenvalue weighted by Crippen LogP contribution is 2.37. The second-order valence-electron chi connectivity index (χ2n) is 17.6. The summed E-state index contributed by atoms with van der Waals surface area (Å²) in [5, 5.41) is 15.2. The number of ether oxygens (including phenoxy) is 2. The van der Waals surface area contributed by atoms with Crippen LogP contribution in [0.25, 0.3) is 10.9 Å². The number of carboxylic acids is 1. The fraction of sp³-hybridized carbons (Fsp3) is 0.619. The minimum absolute atomic E-state index is 0.0413. The van der Waals surface area contributed by atoms with Crippen molar-refractivity contribution < 1.29 is 47.7 Å². The van der Waals surface area contributed by atoms with E-state index in [1.54, 1.807) is 94.7 Å². The fourth-order valence-electron chi connectivity index (χ4n) is 6.79. The van der Waals surface area contributed by atoms with E-state index >= 15 is 0 Å². The van der Waals surface area contributed by atoms with E-state index in [4.69, 9.17) is 14.6 Å². The van der Waals surface area contributed by atoms with Crippen LogP contribution in [0.5, 0.6) is 0 Å². The molecule has 4 unspecified atom stereocenters. The third-order valence-corrected chi connectivity index (χ3v) is 9.83. The van der Waals surface area contributed by atoms with E-state index in [-0.39, 0.29) is 30.9 Å². The number of aromatic nitrogens is 1. The van der Waals surface area contributed by atoms with Crippen molar-refractivity contribution in [3.63, 3.8) is 0 Å². The second-order valence-corrected chi connectivity index (χ2v) is 17.6. The minimum atomic E-state index is -1.26. The number of benzene rings is 1. The van der Waals surface area contributed by atoms with Gasteiger partial charge in [0.05, 0.1) is 12.6 Å². The van der Waals surface area contributed by atoms with Gasteiger partial charge in [-0.15, -0.1) is 0 Å². The maximum Gasteiger partial charge on any atom is 0.410 e. The summed E-state index contributed by atoms with van der Waals surface area (Å²) in [6.45, 7) is 20.9. The third-order valence-electron chi connectivity index (χ3n) is 9.83. The molecule has 4 atom stereocenters. The third kappa shape index (κ3) is 12.5. The molecule has 4 amide bonds. The molecule has 2 rings (SSSR count). The van der Waals surface area contributed by atoms with Crippen molar-refractivity contribution >= 4 is 46.7 Å². The Labute approximate surface area is 336 Å². The molecule has 3 N–H and O–H groups in total. The maximum absolute atomic E-state index is 14.8. The first kappa shape index (κ1) is 48.2. The Morgan fingerprint density at radius 3 is 2.07 bits per heavy atom. The molecule has 318 valence electrons. The van der Waals surface area contributed by atoms with Gasteiger partial charge in [0.2, 0.25) is 17.7 Å². The number of esters is 1. The largest absolute Gasteiger partial charge is 0.481 e. The van der Waals surface area contributed by atoms with Crippen LogP contribution in [0.3, 0.4) is 0 Å². The summed E-state index contributed by atoms with van der Waals surface area (Å²) >= 11 is 0. The van der Waals surface area contributed by atoms with E-state index < -0.39 is 82.2 Å². The van der Waals surface area contributed by atoms with Crippen molar-refractivity contribution in [1.29, 1.82) is 0 Å². The lowest BCUT2D eigenvalue weighted by Crippen LogP contribution is -2.63. The van der Waals surface area contributed by atoms with Crippen LogP contribution in [0, 0.1) is 17.2 Å².